The highest BCUT2D eigenvalue weighted by Crippen LogP contribution is 2.37. The van der Waals surface area contributed by atoms with E-state index >= 15 is 0 Å². The minimum Gasteiger partial charge on any atom is -0.476 e. The van der Waals surface area contributed by atoms with Crippen LogP contribution in [-0.4, -0.2) is 22.2 Å². The Morgan fingerprint density at radius 2 is 2.25 bits per heavy atom. The molecule has 0 amide bonds. The Hall–Kier alpha value is -2.25. The molecule has 1 aromatic rings. The molecule has 0 saturated heterocycles. The maximum Gasteiger partial charge on any atom is 0.421 e. The molecule has 0 aliphatic carbocycles. The molecule has 1 atom stereocenters. The number of carboxylic acids is 1. The summed E-state index contributed by atoms with van der Waals surface area (Å²) in [5.41, 5.74) is 2.79. The fourth-order valence-electron chi connectivity index (χ4n) is 1.45. The first-order valence-corrected chi connectivity index (χ1v) is 5.55. The van der Waals surface area contributed by atoms with Crippen LogP contribution >= 0.6 is 0 Å². The number of pyridine rings is 1. The lowest BCUT2D eigenvalue weighted by atomic mass is 10.2. The van der Waals surface area contributed by atoms with Gasteiger partial charge in [0.2, 0.25) is 5.88 Å². The Kier molecular flexibility index (Phi) is 4.59. The van der Waals surface area contributed by atoms with Gasteiger partial charge >= 0.3 is 12.1 Å². The quantitative estimate of drug-likeness (QED) is 0.814. The van der Waals surface area contributed by atoms with Gasteiger partial charge in [0.25, 0.3) is 0 Å². The number of aromatic carboxylic acids is 1. The number of anilines is 1. The highest BCUT2D eigenvalue weighted by atomic mass is 19.4. The first kappa shape index (κ1) is 15.8. The zero-order valence-corrected chi connectivity index (χ0v) is 10.6. The summed E-state index contributed by atoms with van der Waals surface area (Å²) in [7, 11) is 0. The SMILES string of the molecule is C=CCC(C)Oc1nc(C(=O)O)c(N)cc1C(F)(F)F. The molecule has 110 valence electrons. The van der Waals surface area contributed by atoms with Crippen LogP contribution < -0.4 is 10.5 Å². The third-order valence-electron chi connectivity index (χ3n) is 2.34. The van der Waals surface area contributed by atoms with Gasteiger partial charge in [0.05, 0.1) is 5.69 Å². The number of rotatable bonds is 5. The van der Waals surface area contributed by atoms with E-state index in [0.29, 0.717) is 6.07 Å². The monoisotopic (exact) mass is 290 g/mol. The van der Waals surface area contributed by atoms with Crippen molar-refractivity contribution in [1.29, 1.82) is 0 Å². The minimum atomic E-state index is -4.75. The van der Waals surface area contributed by atoms with Crippen LogP contribution in [0.1, 0.15) is 29.4 Å². The largest absolute Gasteiger partial charge is 0.476 e. The summed E-state index contributed by atoms with van der Waals surface area (Å²) in [6.45, 7) is 4.95. The molecule has 1 unspecified atom stereocenters. The highest BCUT2D eigenvalue weighted by Gasteiger charge is 2.37. The van der Waals surface area contributed by atoms with Gasteiger partial charge in [0.1, 0.15) is 11.7 Å². The average molecular weight is 290 g/mol. The number of nitrogens with zero attached hydrogens (tertiary/aromatic N) is 1. The van der Waals surface area contributed by atoms with Crippen molar-refractivity contribution in [3.63, 3.8) is 0 Å². The number of alkyl halides is 3. The third-order valence-corrected chi connectivity index (χ3v) is 2.34. The second-order valence-corrected chi connectivity index (χ2v) is 4.03. The lowest BCUT2D eigenvalue weighted by Crippen LogP contribution is -2.19. The van der Waals surface area contributed by atoms with Crippen molar-refractivity contribution >= 4 is 11.7 Å². The molecule has 0 saturated carbocycles. The fourth-order valence-corrected chi connectivity index (χ4v) is 1.45. The fraction of sp³-hybridized carbons (Fsp3) is 0.333. The van der Waals surface area contributed by atoms with E-state index in [1.165, 1.54) is 13.0 Å². The number of nitrogens with two attached hydrogens (primary N) is 1. The summed E-state index contributed by atoms with van der Waals surface area (Å²) >= 11 is 0. The van der Waals surface area contributed by atoms with Gasteiger partial charge in [-0.05, 0) is 13.0 Å². The van der Waals surface area contributed by atoms with E-state index in [9.17, 15) is 18.0 Å². The van der Waals surface area contributed by atoms with Crippen LogP contribution in [0.3, 0.4) is 0 Å². The lowest BCUT2D eigenvalue weighted by molar-refractivity contribution is -0.139. The van der Waals surface area contributed by atoms with Gasteiger partial charge in [-0.3, -0.25) is 0 Å². The van der Waals surface area contributed by atoms with E-state index in [1.54, 1.807) is 0 Å². The molecule has 0 radical (unpaired) electrons. The Labute approximate surface area is 112 Å². The van der Waals surface area contributed by atoms with Crippen molar-refractivity contribution in [1.82, 2.24) is 4.98 Å². The number of nitrogen functional groups attached to an aromatic ring is 1. The highest BCUT2D eigenvalue weighted by molar-refractivity contribution is 5.91. The standard InChI is InChI=1S/C12H13F3N2O3/c1-3-4-6(2)20-10-7(12(13,14)15)5-8(16)9(17-10)11(18)19/h3,5-6H,1,4,16H2,2H3,(H,18,19). The van der Waals surface area contributed by atoms with E-state index in [1.807, 2.05) is 0 Å². The summed E-state index contributed by atoms with van der Waals surface area (Å²) in [5.74, 6) is -2.34. The third kappa shape index (κ3) is 3.62. The zero-order chi connectivity index (χ0) is 15.5. The van der Waals surface area contributed by atoms with Gasteiger partial charge in [-0.25, -0.2) is 9.78 Å². The van der Waals surface area contributed by atoms with E-state index in [0.717, 1.165) is 0 Å². The lowest BCUT2D eigenvalue weighted by Gasteiger charge is -2.18. The number of ether oxygens (including phenoxy) is 1. The van der Waals surface area contributed by atoms with Crippen molar-refractivity contribution in [2.45, 2.75) is 25.6 Å². The van der Waals surface area contributed by atoms with Crippen LogP contribution in [0.4, 0.5) is 18.9 Å². The molecule has 0 bridgehead atoms. The van der Waals surface area contributed by atoms with Crippen LogP contribution in [0.15, 0.2) is 18.7 Å². The van der Waals surface area contributed by atoms with E-state index < -0.39 is 41.1 Å². The first-order valence-electron chi connectivity index (χ1n) is 5.55. The number of hydrogen-bond donors (Lipinski definition) is 2. The maximum atomic E-state index is 12.9. The first-order chi connectivity index (χ1) is 9.16. The topological polar surface area (TPSA) is 85.4 Å². The zero-order valence-electron chi connectivity index (χ0n) is 10.6. The van der Waals surface area contributed by atoms with Gasteiger partial charge in [-0.1, -0.05) is 6.08 Å². The minimum absolute atomic E-state index is 0.283. The predicted octanol–water partition coefficient (Wildman–Crippen LogP) is 2.72. The van der Waals surface area contributed by atoms with Gasteiger partial charge in [-0.2, -0.15) is 13.2 Å². The number of halogens is 3. The smallest absolute Gasteiger partial charge is 0.421 e. The second-order valence-electron chi connectivity index (χ2n) is 4.03. The Bertz CT molecular complexity index is 529. The van der Waals surface area contributed by atoms with Crippen molar-refractivity contribution in [2.24, 2.45) is 0 Å². The average Bonchev–Trinajstić information content (AvgIpc) is 2.29. The van der Waals surface area contributed by atoms with Crippen molar-refractivity contribution in [3.05, 3.63) is 30.0 Å². The number of aromatic nitrogens is 1. The number of carboxylic acid groups (broad SMARTS) is 1. The summed E-state index contributed by atoms with van der Waals surface area (Å²) in [6, 6.07) is 0.506. The van der Waals surface area contributed by atoms with Gasteiger partial charge in [0.15, 0.2) is 5.69 Å². The molecule has 20 heavy (non-hydrogen) atoms. The molecule has 5 nitrogen and oxygen atoms in total. The molecule has 3 N–H and O–H groups in total. The van der Waals surface area contributed by atoms with Crippen molar-refractivity contribution in [2.75, 3.05) is 5.73 Å². The van der Waals surface area contributed by atoms with Gasteiger partial charge < -0.3 is 15.6 Å². The molecule has 0 spiro atoms. The van der Waals surface area contributed by atoms with Crippen LogP contribution in [0.25, 0.3) is 0 Å². The molecule has 0 aliphatic heterocycles. The van der Waals surface area contributed by atoms with Crippen LogP contribution in [0.2, 0.25) is 0 Å². The van der Waals surface area contributed by atoms with Gasteiger partial charge in [-0.15, -0.1) is 6.58 Å². The van der Waals surface area contributed by atoms with Crippen molar-refractivity contribution in [3.8, 4) is 5.88 Å². The molecule has 1 aromatic heterocycles. The summed E-state index contributed by atoms with van der Waals surface area (Å²) in [6.07, 6.45) is -3.63. The summed E-state index contributed by atoms with van der Waals surface area (Å²) in [5, 5.41) is 8.83. The Balaban J connectivity index is 3.32. The van der Waals surface area contributed by atoms with Crippen LogP contribution in [0, 0.1) is 0 Å². The molecule has 1 rings (SSSR count). The molecule has 0 fully saturated rings. The number of hydrogen-bond acceptors (Lipinski definition) is 4. The molecule has 0 aromatic carbocycles. The van der Waals surface area contributed by atoms with Crippen molar-refractivity contribution < 1.29 is 27.8 Å². The van der Waals surface area contributed by atoms with E-state index in [4.69, 9.17) is 15.6 Å². The molecular formula is C12H13F3N2O3. The molecular weight excluding hydrogens is 277 g/mol. The Morgan fingerprint density at radius 3 is 2.70 bits per heavy atom. The summed E-state index contributed by atoms with van der Waals surface area (Å²) < 4.78 is 43.6. The van der Waals surface area contributed by atoms with E-state index in [2.05, 4.69) is 11.6 Å². The summed E-state index contributed by atoms with van der Waals surface area (Å²) in [4.78, 5) is 14.2. The number of carbonyl (C=O) groups is 1. The van der Waals surface area contributed by atoms with E-state index in [-0.39, 0.29) is 6.42 Å². The van der Waals surface area contributed by atoms with Gasteiger partial charge in [0, 0.05) is 6.42 Å². The Morgan fingerprint density at radius 1 is 1.65 bits per heavy atom. The van der Waals surface area contributed by atoms with Crippen LogP contribution in [-0.2, 0) is 6.18 Å². The predicted molar refractivity (Wildman–Crippen MR) is 65.5 cm³/mol. The normalized spacial score (nSPS) is 12.8. The van der Waals surface area contributed by atoms with Crippen LogP contribution in [0.5, 0.6) is 5.88 Å². The molecule has 8 heteroatoms. The maximum absolute atomic E-state index is 12.9. The molecule has 1 heterocycles. The second kappa shape index (κ2) is 5.81. The molecule has 0 aliphatic rings.